The van der Waals surface area contributed by atoms with Gasteiger partial charge in [0.1, 0.15) is 5.54 Å². The van der Waals surface area contributed by atoms with E-state index in [1.54, 1.807) is 4.90 Å². The number of rotatable bonds is 2. The monoisotopic (exact) mass is 291 g/mol. The minimum Gasteiger partial charge on any atom is -0.339 e. The Morgan fingerprint density at radius 3 is 2.71 bits per heavy atom. The number of nitrogens with zero attached hydrogens (tertiary/aromatic N) is 2. The molecule has 8 nitrogen and oxygen atoms in total. The van der Waals surface area contributed by atoms with Gasteiger partial charge in [0.15, 0.2) is 0 Å². The first-order chi connectivity index (χ1) is 9.91. The van der Waals surface area contributed by atoms with Gasteiger partial charge in [0, 0.05) is 17.8 Å². The Morgan fingerprint density at radius 2 is 2.14 bits per heavy atom. The van der Waals surface area contributed by atoms with Crippen LogP contribution in [-0.2, 0) is 16.0 Å². The van der Waals surface area contributed by atoms with Crippen LogP contribution >= 0.6 is 0 Å². The maximum Gasteiger partial charge on any atom is 0.322 e. The average molecular weight is 291 g/mol. The fourth-order valence-corrected chi connectivity index (χ4v) is 2.94. The number of aromatic nitrogens is 2. The molecule has 3 rings (SSSR count). The minimum absolute atomic E-state index is 0.0616. The Labute approximate surface area is 121 Å². The van der Waals surface area contributed by atoms with Gasteiger partial charge in [-0.2, -0.15) is 5.10 Å². The lowest BCUT2D eigenvalue weighted by Crippen LogP contribution is -2.49. The van der Waals surface area contributed by atoms with Crippen molar-refractivity contribution < 1.29 is 14.4 Å². The van der Waals surface area contributed by atoms with Gasteiger partial charge in [-0.15, -0.1) is 0 Å². The Kier molecular flexibility index (Phi) is 2.96. The molecule has 2 fully saturated rings. The number of carbonyl (C=O) groups excluding carboxylic acids is 3. The number of nitrogens with one attached hydrogen (secondary N) is 3. The van der Waals surface area contributed by atoms with Gasteiger partial charge >= 0.3 is 6.03 Å². The van der Waals surface area contributed by atoms with Crippen LogP contribution in [0.25, 0.3) is 0 Å². The van der Waals surface area contributed by atoms with Crippen LogP contribution in [0.5, 0.6) is 0 Å². The second kappa shape index (κ2) is 4.57. The quantitative estimate of drug-likeness (QED) is 0.631. The van der Waals surface area contributed by atoms with Crippen LogP contribution in [-0.4, -0.2) is 51.6 Å². The summed E-state index contributed by atoms with van der Waals surface area (Å²) in [6.45, 7) is 4.41. The van der Waals surface area contributed by atoms with E-state index in [1.165, 1.54) is 0 Å². The maximum atomic E-state index is 12.4. The predicted molar refractivity (Wildman–Crippen MR) is 72.4 cm³/mol. The number of amides is 4. The molecule has 21 heavy (non-hydrogen) atoms. The van der Waals surface area contributed by atoms with Gasteiger partial charge in [-0.3, -0.25) is 20.0 Å². The van der Waals surface area contributed by atoms with Crippen molar-refractivity contribution in [1.82, 2.24) is 25.7 Å². The van der Waals surface area contributed by atoms with E-state index in [-0.39, 0.29) is 24.8 Å². The minimum atomic E-state index is -0.951. The number of carbonyl (C=O) groups is 3. The van der Waals surface area contributed by atoms with Crippen molar-refractivity contribution in [2.24, 2.45) is 0 Å². The lowest BCUT2D eigenvalue weighted by atomic mass is 9.99. The molecular weight excluding hydrogens is 274 g/mol. The third kappa shape index (κ3) is 2.16. The summed E-state index contributed by atoms with van der Waals surface area (Å²) in [4.78, 5) is 37.1. The molecule has 3 N–H and O–H groups in total. The van der Waals surface area contributed by atoms with E-state index in [0.717, 1.165) is 17.0 Å². The van der Waals surface area contributed by atoms with Gasteiger partial charge in [-0.1, -0.05) is 0 Å². The molecule has 2 aliphatic rings. The number of imide groups is 1. The number of H-pyrrole nitrogens is 1. The van der Waals surface area contributed by atoms with Gasteiger partial charge in [0.05, 0.1) is 18.7 Å². The first-order valence-corrected chi connectivity index (χ1v) is 6.83. The number of likely N-dealkylation sites (tertiary alicyclic amines) is 1. The Hall–Kier alpha value is -2.38. The average Bonchev–Trinajstić information content (AvgIpc) is 3.06. The molecule has 2 aliphatic heterocycles. The molecule has 1 aromatic rings. The molecule has 0 aromatic carbocycles. The first kappa shape index (κ1) is 13.6. The van der Waals surface area contributed by atoms with E-state index in [9.17, 15) is 14.4 Å². The van der Waals surface area contributed by atoms with Gasteiger partial charge in [-0.05, 0) is 20.3 Å². The molecule has 1 spiro atoms. The van der Waals surface area contributed by atoms with Crippen molar-refractivity contribution in [1.29, 1.82) is 0 Å². The molecule has 0 radical (unpaired) electrons. The number of hydrogen-bond acceptors (Lipinski definition) is 4. The summed E-state index contributed by atoms with van der Waals surface area (Å²) in [5.74, 6) is -0.410. The SMILES string of the molecule is Cc1n[nH]c(C)c1CC(=O)N1CCC2(C1)NC(=O)NC2=O. The Morgan fingerprint density at radius 1 is 1.38 bits per heavy atom. The summed E-state index contributed by atoms with van der Waals surface area (Å²) in [5, 5.41) is 11.8. The number of hydrogen-bond donors (Lipinski definition) is 3. The van der Waals surface area contributed by atoms with Crippen molar-refractivity contribution in [2.45, 2.75) is 32.2 Å². The lowest BCUT2D eigenvalue weighted by molar-refractivity contribution is -0.130. The van der Waals surface area contributed by atoms with E-state index in [2.05, 4.69) is 20.8 Å². The van der Waals surface area contributed by atoms with E-state index in [0.29, 0.717) is 13.0 Å². The highest BCUT2D eigenvalue weighted by molar-refractivity contribution is 6.07. The molecule has 0 aliphatic carbocycles. The molecule has 4 amide bonds. The van der Waals surface area contributed by atoms with Gasteiger partial charge in [0.25, 0.3) is 5.91 Å². The number of aryl methyl sites for hydroxylation is 2. The van der Waals surface area contributed by atoms with Crippen LogP contribution < -0.4 is 10.6 Å². The summed E-state index contributed by atoms with van der Waals surface area (Å²) in [6, 6.07) is -0.490. The van der Waals surface area contributed by atoms with E-state index >= 15 is 0 Å². The fraction of sp³-hybridized carbons (Fsp3) is 0.538. The first-order valence-electron chi connectivity index (χ1n) is 6.83. The summed E-state index contributed by atoms with van der Waals surface area (Å²) in [5.41, 5.74) is 1.62. The second-order valence-electron chi connectivity index (χ2n) is 5.64. The lowest BCUT2D eigenvalue weighted by Gasteiger charge is -2.21. The Balaban J connectivity index is 1.71. The van der Waals surface area contributed by atoms with Gasteiger partial charge in [-0.25, -0.2) is 4.79 Å². The maximum absolute atomic E-state index is 12.4. The highest BCUT2D eigenvalue weighted by atomic mass is 16.2. The molecular formula is C13H17N5O3. The molecule has 1 unspecified atom stereocenters. The zero-order chi connectivity index (χ0) is 15.2. The Bertz CT molecular complexity index is 618. The van der Waals surface area contributed by atoms with Crippen molar-refractivity contribution in [3.05, 3.63) is 17.0 Å². The largest absolute Gasteiger partial charge is 0.339 e. The summed E-state index contributed by atoms with van der Waals surface area (Å²) >= 11 is 0. The van der Waals surface area contributed by atoms with Gasteiger partial charge in [0.2, 0.25) is 5.91 Å². The topological polar surface area (TPSA) is 107 Å². The van der Waals surface area contributed by atoms with Crippen molar-refractivity contribution in [2.75, 3.05) is 13.1 Å². The molecule has 3 heterocycles. The van der Waals surface area contributed by atoms with E-state index < -0.39 is 11.6 Å². The highest BCUT2D eigenvalue weighted by Crippen LogP contribution is 2.25. The molecule has 112 valence electrons. The standard InChI is InChI=1S/C13H17N5O3/c1-7-9(8(2)17-16-7)5-10(19)18-4-3-13(6-18)11(20)14-12(21)15-13/h3-6H2,1-2H3,(H,16,17)(H2,14,15,20,21). The van der Waals surface area contributed by atoms with Crippen molar-refractivity contribution in [3.8, 4) is 0 Å². The smallest absolute Gasteiger partial charge is 0.322 e. The summed E-state index contributed by atoms with van der Waals surface area (Å²) < 4.78 is 0. The third-order valence-corrected chi connectivity index (χ3v) is 4.25. The zero-order valence-electron chi connectivity index (χ0n) is 11.9. The van der Waals surface area contributed by atoms with Crippen molar-refractivity contribution >= 4 is 17.8 Å². The number of aromatic amines is 1. The van der Waals surface area contributed by atoms with Crippen LogP contribution in [0.15, 0.2) is 0 Å². The molecule has 0 bridgehead atoms. The van der Waals surface area contributed by atoms with Crippen LogP contribution in [0.3, 0.4) is 0 Å². The molecule has 0 saturated carbocycles. The molecule has 1 aromatic heterocycles. The predicted octanol–water partition coefficient (Wildman–Crippen LogP) is -0.620. The van der Waals surface area contributed by atoms with Crippen LogP contribution in [0, 0.1) is 13.8 Å². The van der Waals surface area contributed by atoms with Crippen molar-refractivity contribution in [3.63, 3.8) is 0 Å². The van der Waals surface area contributed by atoms with E-state index in [4.69, 9.17) is 0 Å². The zero-order valence-corrected chi connectivity index (χ0v) is 11.9. The second-order valence-corrected chi connectivity index (χ2v) is 5.64. The van der Waals surface area contributed by atoms with E-state index in [1.807, 2.05) is 13.8 Å². The van der Waals surface area contributed by atoms with Crippen LogP contribution in [0.4, 0.5) is 4.79 Å². The van der Waals surface area contributed by atoms with Crippen LogP contribution in [0.2, 0.25) is 0 Å². The normalized spacial score (nSPS) is 24.6. The number of urea groups is 1. The fourth-order valence-electron chi connectivity index (χ4n) is 2.94. The summed E-state index contributed by atoms with van der Waals surface area (Å²) in [6.07, 6.45) is 0.694. The molecule has 2 saturated heterocycles. The molecule has 8 heteroatoms. The highest BCUT2D eigenvalue weighted by Gasteiger charge is 2.51. The van der Waals surface area contributed by atoms with Gasteiger partial charge < -0.3 is 10.2 Å². The third-order valence-electron chi connectivity index (χ3n) is 4.25. The summed E-state index contributed by atoms with van der Waals surface area (Å²) in [7, 11) is 0. The van der Waals surface area contributed by atoms with Crippen LogP contribution in [0.1, 0.15) is 23.4 Å². The molecule has 1 atom stereocenters.